The number of nitrogens with one attached hydrogen (secondary N) is 1. The first-order chi connectivity index (χ1) is 11.2. The molecule has 2 aromatic carbocycles. The van der Waals surface area contributed by atoms with Crippen LogP contribution in [-0.4, -0.2) is 24.0 Å². The first kappa shape index (κ1) is 15.0. The van der Waals surface area contributed by atoms with Gasteiger partial charge in [0.25, 0.3) is 0 Å². The fourth-order valence-electron chi connectivity index (χ4n) is 2.39. The molecule has 1 saturated heterocycles. The van der Waals surface area contributed by atoms with Crippen LogP contribution in [0.25, 0.3) is 0 Å². The Labute approximate surface area is 135 Å². The van der Waals surface area contributed by atoms with E-state index in [0.29, 0.717) is 5.69 Å². The molecule has 0 bridgehead atoms. The van der Waals surface area contributed by atoms with Crippen LogP contribution < -0.4 is 11.1 Å². The number of carbonyl (C=O) groups is 1. The highest BCUT2D eigenvalue weighted by Crippen LogP contribution is 2.21. The van der Waals surface area contributed by atoms with E-state index in [1.807, 2.05) is 41.3 Å². The summed E-state index contributed by atoms with van der Waals surface area (Å²) >= 11 is 0. The second-order valence-electron chi connectivity index (χ2n) is 5.46. The predicted molar refractivity (Wildman–Crippen MR) is 91.3 cm³/mol. The average molecular weight is 309 g/mol. The third kappa shape index (κ3) is 4.06. The van der Waals surface area contributed by atoms with Crippen molar-refractivity contribution in [2.75, 3.05) is 24.1 Å². The highest BCUT2D eigenvalue weighted by molar-refractivity contribution is 5.89. The maximum absolute atomic E-state index is 12.0. The summed E-state index contributed by atoms with van der Waals surface area (Å²) in [6, 6.07) is 14.4. The monoisotopic (exact) mass is 309 g/mol. The van der Waals surface area contributed by atoms with E-state index in [4.69, 9.17) is 5.73 Å². The van der Waals surface area contributed by atoms with Crippen LogP contribution in [0.4, 0.5) is 27.5 Å². The highest BCUT2D eigenvalue weighted by atomic mass is 16.2. The smallest absolute Gasteiger partial charge is 0.321 e. The summed E-state index contributed by atoms with van der Waals surface area (Å²) < 4.78 is 0. The summed E-state index contributed by atoms with van der Waals surface area (Å²) in [5, 5.41) is 11.2. The van der Waals surface area contributed by atoms with Gasteiger partial charge >= 0.3 is 6.03 Å². The number of nitrogens with zero attached hydrogens (tertiary/aromatic N) is 3. The van der Waals surface area contributed by atoms with E-state index in [9.17, 15) is 4.79 Å². The third-order valence-corrected chi connectivity index (χ3v) is 3.69. The van der Waals surface area contributed by atoms with E-state index >= 15 is 0 Å². The number of hydrogen-bond donors (Lipinski definition) is 2. The molecule has 118 valence electrons. The Morgan fingerprint density at radius 1 is 0.913 bits per heavy atom. The molecule has 3 rings (SSSR count). The number of azo groups is 1. The molecule has 1 heterocycles. The SMILES string of the molecule is Nc1ccc(N=Nc2ccc(NC(=O)N3CCCC3)cc2)cc1. The van der Waals surface area contributed by atoms with Gasteiger partial charge in [-0.1, -0.05) is 0 Å². The van der Waals surface area contributed by atoms with Gasteiger partial charge in [0.05, 0.1) is 11.4 Å². The molecule has 0 aromatic heterocycles. The van der Waals surface area contributed by atoms with Crippen molar-refractivity contribution in [3.8, 4) is 0 Å². The molecule has 2 amide bonds. The fraction of sp³-hybridized carbons (Fsp3) is 0.235. The number of benzene rings is 2. The summed E-state index contributed by atoms with van der Waals surface area (Å²) in [5.74, 6) is 0. The van der Waals surface area contributed by atoms with Crippen LogP contribution in [0.1, 0.15) is 12.8 Å². The Kier molecular flexibility index (Phi) is 4.52. The molecule has 1 aliphatic heterocycles. The number of carbonyl (C=O) groups excluding carboxylic acids is 1. The van der Waals surface area contributed by atoms with Crippen molar-refractivity contribution in [3.63, 3.8) is 0 Å². The topological polar surface area (TPSA) is 83.1 Å². The fourth-order valence-corrected chi connectivity index (χ4v) is 2.39. The van der Waals surface area contributed by atoms with Gasteiger partial charge in [-0.05, 0) is 61.4 Å². The lowest BCUT2D eigenvalue weighted by molar-refractivity contribution is 0.222. The van der Waals surface area contributed by atoms with E-state index in [-0.39, 0.29) is 6.03 Å². The Morgan fingerprint density at radius 3 is 2.00 bits per heavy atom. The molecule has 1 aliphatic rings. The lowest BCUT2D eigenvalue weighted by atomic mass is 10.3. The van der Waals surface area contributed by atoms with Crippen molar-refractivity contribution in [2.24, 2.45) is 10.2 Å². The second-order valence-corrected chi connectivity index (χ2v) is 5.46. The molecular weight excluding hydrogens is 290 g/mol. The molecule has 0 aliphatic carbocycles. The molecule has 0 atom stereocenters. The molecule has 2 aromatic rings. The maximum atomic E-state index is 12.0. The van der Waals surface area contributed by atoms with Gasteiger partial charge in [-0.3, -0.25) is 0 Å². The Balaban J connectivity index is 1.60. The average Bonchev–Trinajstić information content (AvgIpc) is 3.10. The third-order valence-electron chi connectivity index (χ3n) is 3.69. The number of anilines is 2. The van der Waals surface area contributed by atoms with Crippen molar-refractivity contribution in [3.05, 3.63) is 48.5 Å². The van der Waals surface area contributed by atoms with Crippen LogP contribution in [0.5, 0.6) is 0 Å². The number of nitrogen functional groups attached to an aromatic ring is 1. The standard InChI is InChI=1S/C17H19N5O/c18-13-3-5-15(6-4-13)20-21-16-9-7-14(8-10-16)19-17(23)22-11-1-2-12-22/h3-10H,1-2,11-12,18H2,(H,19,23). The second kappa shape index (κ2) is 6.91. The normalized spacial score (nSPS) is 14.3. The zero-order chi connectivity index (χ0) is 16.1. The van der Waals surface area contributed by atoms with E-state index in [2.05, 4.69) is 15.5 Å². The van der Waals surface area contributed by atoms with Crippen molar-refractivity contribution < 1.29 is 4.79 Å². The zero-order valence-electron chi connectivity index (χ0n) is 12.8. The van der Waals surface area contributed by atoms with Crippen LogP contribution >= 0.6 is 0 Å². The Morgan fingerprint density at radius 2 is 1.43 bits per heavy atom. The maximum Gasteiger partial charge on any atom is 0.321 e. The summed E-state index contributed by atoms with van der Waals surface area (Å²) in [5.41, 5.74) is 8.54. The Hall–Kier alpha value is -2.89. The quantitative estimate of drug-likeness (QED) is 0.654. The van der Waals surface area contributed by atoms with Gasteiger partial charge in [0.2, 0.25) is 0 Å². The number of likely N-dealkylation sites (tertiary alicyclic amines) is 1. The van der Waals surface area contributed by atoms with Crippen molar-refractivity contribution in [1.82, 2.24) is 4.90 Å². The van der Waals surface area contributed by atoms with Gasteiger partial charge in [-0.2, -0.15) is 10.2 Å². The van der Waals surface area contributed by atoms with E-state index in [0.717, 1.165) is 43.0 Å². The zero-order valence-corrected chi connectivity index (χ0v) is 12.8. The lowest BCUT2D eigenvalue weighted by Crippen LogP contribution is -2.32. The summed E-state index contributed by atoms with van der Waals surface area (Å²) in [4.78, 5) is 13.8. The first-order valence-electron chi connectivity index (χ1n) is 7.64. The number of rotatable bonds is 3. The summed E-state index contributed by atoms with van der Waals surface area (Å²) in [6.45, 7) is 1.67. The van der Waals surface area contributed by atoms with Gasteiger partial charge in [0.15, 0.2) is 0 Å². The molecule has 0 spiro atoms. The van der Waals surface area contributed by atoms with E-state index < -0.39 is 0 Å². The predicted octanol–water partition coefficient (Wildman–Crippen LogP) is 4.31. The Bertz CT molecular complexity index is 688. The number of amides is 2. The molecule has 0 unspecified atom stereocenters. The number of hydrogen-bond acceptors (Lipinski definition) is 4. The highest BCUT2D eigenvalue weighted by Gasteiger charge is 2.17. The van der Waals surface area contributed by atoms with Crippen LogP contribution in [0.2, 0.25) is 0 Å². The molecule has 6 nitrogen and oxygen atoms in total. The van der Waals surface area contributed by atoms with Gasteiger partial charge in [-0.15, -0.1) is 0 Å². The molecule has 23 heavy (non-hydrogen) atoms. The van der Waals surface area contributed by atoms with E-state index in [1.54, 1.807) is 12.1 Å². The van der Waals surface area contributed by atoms with Gasteiger partial charge in [0, 0.05) is 24.5 Å². The molecule has 3 N–H and O–H groups in total. The molecule has 0 radical (unpaired) electrons. The van der Waals surface area contributed by atoms with Crippen molar-refractivity contribution in [2.45, 2.75) is 12.8 Å². The minimum absolute atomic E-state index is 0.0428. The molecule has 0 saturated carbocycles. The van der Waals surface area contributed by atoms with Gasteiger partial charge < -0.3 is 16.0 Å². The van der Waals surface area contributed by atoms with Gasteiger partial charge in [0.1, 0.15) is 0 Å². The number of urea groups is 1. The number of nitrogens with two attached hydrogens (primary N) is 1. The molecule has 1 fully saturated rings. The first-order valence-corrected chi connectivity index (χ1v) is 7.64. The minimum Gasteiger partial charge on any atom is -0.399 e. The molecule has 6 heteroatoms. The van der Waals surface area contributed by atoms with Crippen LogP contribution in [-0.2, 0) is 0 Å². The van der Waals surface area contributed by atoms with Crippen molar-refractivity contribution in [1.29, 1.82) is 0 Å². The lowest BCUT2D eigenvalue weighted by Gasteiger charge is -2.16. The van der Waals surface area contributed by atoms with E-state index in [1.165, 1.54) is 0 Å². The summed E-state index contributed by atoms with van der Waals surface area (Å²) in [6.07, 6.45) is 2.16. The largest absolute Gasteiger partial charge is 0.399 e. The minimum atomic E-state index is -0.0428. The van der Waals surface area contributed by atoms with Crippen LogP contribution in [0.15, 0.2) is 58.8 Å². The van der Waals surface area contributed by atoms with Crippen LogP contribution in [0.3, 0.4) is 0 Å². The summed E-state index contributed by atoms with van der Waals surface area (Å²) in [7, 11) is 0. The van der Waals surface area contributed by atoms with Crippen LogP contribution in [0, 0.1) is 0 Å². The van der Waals surface area contributed by atoms with Crippen molar-refractivity contribution >= 4 is 28.8 Å². The van der Waals surface area contributed by atoms with Gasteiger partial charge in [-0.25, -0.2) is 4.79 Å². The molecular formula is C17H19N5O.